The number of methoxy groups -OCH3 is 1. The van der Waals surface area contributed by atoms with Gasteiger partial charge in [0.25, 0.3) is 11.7 Å². The van der Waals surface area contributed by atoms with E-state index in [1.54, 1.807) is 11.0 Å². The molecule has 2 aromatic carbocycles. The SMILES string of the molecule is CCOc1ccc(C2/C(=C(\O)c3cc(C)cc(C)c3OC)C(=O)C(=O)N2CCCN(C)C)cc1. The molecule has 1 unspecified atom stereocenters. The van der Waals surface area contributed by atoms with E-state index < -0.39 is 17.7 Å². The zero-order valence-corrected chi connectivity index (χ0v) is 20.8. The molecule has 0 saturated carbocycles. The van der Waals surface area contributed by atoms with Crippen LogP contribution in [0.4, 0.5) is 0 Å². The molecule has 0 spiro atoms. The van der Waals surface area contributed by atoms with Gasteiger partial charge in [0.1, 0.15) is 17.3 Å². The van der Waals surface area contributed by atoms with Crippen molar-refractivity contribution in [2.24, 2.45) is 0 Å². The van der Waals surface area contributed by atoms with Gasteiger partial charge in [-0.3, -0.25) is 9.59 Å². The maximum Gasteiger partial charge on any atom is 0.295 e. The van der Waals surface area contributed by atoms with Crippen LogP contribution in [-0.4, -0.2) is 67.5 Å². The van der Waals surface area contributed by atoms with E-state index in [9.17, 15) is 14.7 Å². The van der Waals surface area contributed by atoms with Crippen molar-refractivity contribution < 1.29 is 24.2 Å². The number of carbonyl (C=O) groups excluding carboxylic acids is 2. The fourth-order valence-corrected chi connectivity index (χ4v) is 4.47. The molecule has 1 aliphatic heterocycles. The molecule has 1 aliphatic rings. The lowest BCUT2D eigenvalue weighted by atomic mass is 9.93. The third-order valence-corrected chi connectivity index (χ3v) is 5.93. The van der Waals surface area contributed by atoms with Crippen LogP contribution in [-0.2, 0) is 9.59 Å². The van der Waals surface area contributed by atoms with E-state index >= 15 is 0 Å². The average molecular weight is 467 g/mol. The number of hydrogen-bond donors (Lipinski definition) is 1. The summed E-state index contributed by atoms with van der Waals surface area (Å²) in [6, 6.07) is 10.3. The third kappa shape index (κ3) is 5.09. The largest absolute Gasteiger partial charge is 0.507 e. The number of Topliss-reactive ketones (excluding diaryl/α,β-unsaturated/α-hetero) is 1. The first-order valence-electron chi connectivity index (χ1n) is 11.5. The van der Waals surface area contributed by atoms with E-state index in [0.29, 0.717) is 36.6 Å². The fourth-order valence-electron chi connectivity index (χ4n) is 4.47. The van der Waals surface area contributed by atoms with E-state index in [0.717, 1.165) is 23.2 Å². The van der Waals surface area contributed by atoms with Gasteiger partial charge in [0, 0.05) is 6.54 Å². The van der Waals surface area contributed by atoms with Crippen molar-refractivity contribution in [2.75, 3.05) is 40.9 Å². The molecule has 1 N–H and O–H groups in total. The smallest absolute Gasteiger partial charge is 0.295 e. The molecule has 182 valence electrons. The van der Waals surface area contributed by atoms with Gasteiger partial charge in [-0.15, -0.1) is 0 Å². The lowest BCUT2D eigenvalue weighted by Crippen LogP contribution is -2.32. The Labute approximate surface area is 201 Å². The van der Waals surface area contributed by atoms with E-state index in [1.807, 2.05) is 70.1 Å². The summed E-state index contributed by atoms with van der Waals surface area (Å²) in [4.78, 5) is 30.0. The summed E-state index contributed by atoms with van der Waals surface area (Å²) < 4.78 is 11.1. The minimum atomic E-state index is -0.705. The van der Waals surface area contributed by atoms with E-state index in [-0.39, 0.29) is 11.3 Å². The zero-order chi connectivity index (χ0) is 25.0. The molecule has 3 rings (SSSR count). The lowest BCUT2D eigenvalue weighted by molar-refractivity contribution is -0.139. The van der Waals surface area contributed by atoms with Gasteiger partial charge in [-0.1, -0.05) is 18.2 Å². The molecule has 1 heterocycles. The second-order valence-electron chi connectivity index (χ2n) is 8.81. The third-order valence-electron chi connectivity index (χ3n) is 5.93. The minimum Gasteiger partial charge on any atom is -0.507 e. The first-order valence-corrected chi connectivity index (χ1v) is 11.5. The molecular formula is C27H34N2O5. The summed E-state index contributed by atoms with van der Waals surface area (Å²) in [7, 11) is 5.45. The summed E-state index contributed by atoms with van der Waals surface area (Å²) >= 11 is 0. The second kappa shape index (κ2) is 10.7. The summed E-state index contributed by atoms with van der Waals surface area (Å²) in [6.07, 6.45) is 0.695. The van der Waals surface area contributed by atoms with Gasteiger partial charge in [0.2, 0.25) is 0 Å². The Balaban J connectivity index is 2.16. The average Bonchev–Trinajstić information content (AvgIpc) is 3.03. The molecule has 0 aliphatic carbocycles. The van der Waals surface area contributed by atoms with Crippen LogP contribution >= 0.6 is 0 Å². The van der Waals surface area contributed by atoms with Crippen LogP contribution in [0.15, 0.2) is 42.0 Å². The molecule has 1 amide bonds. The van der Waals surface area contributed by atoms with Crippen LogP contribution in [0, 0.1) is 13.8 Å². The molecule has 34 heavy (non-hydrogen) atoms. The van der Waals surface area contributed by atoms with Crippen molar-refractivity contribution in [3.8, 4) is 11.5 Å². The molecule has 2 aromatic rings. The zero-order valence-electron chi connectivity index (χ0n) is 20.8. The summed E-state index contributed by atoms with van der Waals surface area (Å²) in [5, 5.41) is 11.4. The molecule has 1 fully saturated rings. The van der Waals surface area contributed by atoms with Crippen molar-refractivity contribution in [2.45, 2.75) is 33.2 Å². The van der Waals surface area contributed by atoms with Crippen molar-refractivity contribution in [3.63, 3.8) is 0 Å². The number of aliphatic hydroxyl groups excluding tert-OH is 1. The molecule has 0 radical (unpaired) electrons. The number of likely N-dealkylation sites (tertiary alicyclic amines) is 1. The highest BCUT2D eigenvalue weighted by Crippen LogP contribution is 2.42. The van der Waals surface area contributed by atoms with Crippen LogP contribution in [0.1, 0.15) is 41.6 Å². The number of aliphatic hydroxyl groups is 1. The Morgan fingerprint density at radius 1 is 1.12 bits per heavy atom. The Kier molecular flexibility index (Phi) is 7.99. The topological polar surface area (TPSA) is 79.3 Å². The maximum absolute atomic E-state index is 13.3. The predicted molar refractivity (Wildman–Crippen MR) is 132 cm³/mol. The number of ketones is 1. The normalized spacial score (nSPS) is 17.5. The number of aryl methyl sites for hydroxylation is 2. The van der Waals surface area contributed by atoms with Gasteiger partial charge in [-0.25, -0.2) is 0 Å². The minimum absolute atomic E-state index is 0.0716. The highest BCUT2D eigenvalue weighted by molar-refractivity contribution is 6.46. The Hall–Kier alpha value is -3.32. The molecule has 0 aromatic heterocycles. The van der Waals surface area contributed by atoms with Gasteiger partial charge >= 0.3 is 0 Å². The van der Waals surface area contributed by atoms with Crippen LogP contribution in [0.2, 0.25) is 0 Å². The lowest BCUT2D eigenvalue weighted by Gasteiger charge is -2.26. The number of ether oxygens (including phenoxy) is 2. The number of hydrogen-bond acceptors (Lipinski definition) is 6. The molecule has 1 atom stereocenters. The molecule has 1 saturated heterocycles. The maximum atomic E-state index is 13.3. The number of nitrogens with zero attached hydrogens (tertiary/aromatic N) is 2. The number of carbonyl (C=O) groups is 2. The van der Waals surface area contributed by atoms with Gasteiger partial charge in [-0.2, -0.15) is 0 Å². The number of amides is 1. The van der Waals surface area contributed by atoms with Crippen LogP contribution in [0.25, 0.3) is 5.76 Å². The second-order valence-corrected chi connectivity index (χ2v) is 8.81. The Morgan fingerprint density at radius 3 is 2.38 bits per heavy atom. The van der Waals surface area contributed by atoms with E-state index in [4.69, 9.17) is 9.47 Å². The van der Waals surface area contributed by atoms with Crippen molar-refractivity contribution in [1.29, 1.82) is 0 Å². The monoisotopic (exact) mass is 466 g/mol. The fraction of sp³-hybridized carbons (Fsp3) is 0.407. The van der Waals surface area contributed by atoms with Gasteiger partial charge in [0.15, 0.2) is 0 Å². The molecular weight excluding hydrogens is 432 g/mol. The van der Waals surface area contributed by atoms with Crippen molar-refractivity contribution >= 4 is 17.4 Å². The molecule has 7 nitrogen and oxygen atoms in total. The number of rotatable bonds is 9. The summed E-state index contributed by atoms with van der Waals surface area (Å²) in [5.41, 5.74) is 2.96. The van der Waals surface area contributed by atoms with Gasteiger partial charge in [0.05, 0.1) is 30.9 Å². The molecule has 0 bridgehead atoms. The van der Waals surface area contributed by atoms with Gasteiger partial charge in [-0.05, 0) is 82.7 Å². The van der Waals surface area contributed by atoms with E-state index in [1.165, 1.54) is 7.11 Å². The predicted octanol–water partition coefficient (Wildman–Crippen LogP) is 4.08. The quantitative estimate of drug-likeness (QED) is 0.341. The van der Waals surface area contributed by atoms with E-state index in [2.05, 4.69) is 0 Å². The van der Waals surface area contributed by atoms with Crippen LogP contribution in [0.3, 0.4) is 0 Å². The van der Waals surface area contributed by atoms with Crippen molar-refractivity contribution in [1.82, 2.24) is 9.80 Å². The molecule has 7 heteroatoms. The van der Waals surface area contributed by atoms with Crippen LogP contribution < -0.4 is 9.47 Å². The Bertz CT molecular complexity index is 1090. The van der Waals surface area contributed by atoms with Gasteiger partial charge < -0.3 is 24.4 Å². The first kappa shape index (κ1) is 25.3. The van der Waals surface area contributed by atoms with Crippen LogP contribution in [0.5, 0.6) is 11.5 Å². The highest BCUT2D eigenvalue weighted by atomic mass is 16.5. The standard InChI is InChI=1S/C27H34N2O5/c1-7-34-20-11-9-19(10-12-20)23-22(25(31)27(32)29(23)14-8-13-28(4)5)24(30)21-16-17(2)15-18(3)26(21)33-6/h9-12,15-16,23,30H,7-8,13-14H2,1-6H3/b24-22+. The highest BCUT2D eigenvalue weighted by Gasteiger charge is 2.46. The first-order chi connectivity index (χ1) is 16.2. The number of benzene rings is 2. The van der Waals surface area contributed by atoms with Crippen molar-refractivity contribution in [3.05, 3.63) is 64.2 Å². The summed E-state index contributed by atoms with van der Waals surface area (Å²) in [6.45, 7) is 7.39. The summed E-state index contributed by atoms with van der Waals surface area (Å²) in [5.74, 6) is -0.347. The Morgan fingerprint density at radius 2 is 1.79 bits per heavy atom.